The van der Waals surface area contributed by atoms with Gasteiger partial charge in [-0.2, -0.15) is 0 Å². The van der Waals surface area contributed by atoms with Crippen LogP contribution in [-0.4, -0.2) is 92.7 Å². The molecule has 6 rings (SSSR count). The Kier molecular flexibility index (Phi) is 10.1. The number of rotatable bonds is 12. The standard InChI is InChI=1S/C34H46FN7O3/c1-24(2)42-32-28-20-27(29(35)21-30(28)37-38-33(32)39(3)34(42)43)25-11-12-31(36-22-25)45-19-9-17-41-15-7-10-26(23-41)44-18-8-16-40-13-5-4-6-14-40/h11-12,20-22,24,26H,4-10,13-19,23H2,1-3H3. The molecule has 0 bridgehead atoms. The summed E-state index contributed by atoms with van der Waals surface area (Å²) in [4.78, 5) is 22.4. The van der Waals surface area contributed by atoms with E-state index in [1.807, 2.05) is 19.9 Å². The predicted octanol–water partition coefficient (Wildman–Crippen LogP) is 5.19. The summed E-state index contributed by atoms with van der Waals surface area (Å²) in [6, 6.07) is 6.61. The van der Waals surface area contributed by atoms with E-state index in [2.05, 4.69) is 25.0 Å². The summed E-state index contributed by atoms with van der Waals surface area (Å²) in [5, 5.41) is 9.08. The molecule has 2 saturated heterocycles. The molecule has 10 nitrogen and oxygen atoms in total. The van der Waals surface area contributed by atoms with Crippen molar-refractivity contribution in [1.29, 1.82) is 0 Å². The smallest absolute Gasteiger partial charge is 0.330 e. The van der Waals surface area contributed by atoms with Gasteiger partial charge in [0.15, 0.2) is 5.65 Å². The van der Waals surface area contributed by atoms with Gasteiger partial charge in [-0.1, -0.05) is 6.42 Å². The highest BCUT2D eigenvalue weighted by molar-refractivity contribution is 6.02. The van der Waals surface area contributed by atoms with Gasteiger partial charge in [0.05, 0.1) is 18.2 Å². The number of nitrogens with zero attached hydrogens (tertiary/aromatic N) is 7. The number of benzene rings is 1. The van der Waals surface area contributed by atoms with Gasteiger partial charge in [-0.05, 0) is 84.1 Å². The van der Waals surface area contributed by atoms with Crippen molar-refractivity contribution >= 4 is 22.1 Å². The van der Waals surface area contributed by atoms with Crippen molar-refractivity contribution in [2.75, 3.05) is 52.5 Å². The molecule has 11 heteroatoms. The number of halogens is 1. The molecule has 1 atom stereocenters. The van der Waals surface area contributed by atoms with Crippen LogP contribution in [-0.2, 0) is 11.8 Å². The van der Waals surface area contributed by atoms with E-state index in [1.165, 1.54) is 49.4 Å². The fraction of sp³-hybridized carbons (Fsp3) is 0.588. The van der Waals surface area contributed by atoms with E-state index in [1.54, 1.807) is 29.9 Å². The first kappa shape index (κ1) is 31.6. The van der Waals surface area contributed by atoms with Gasteiger partial charge < -0.3 is 19.3 Å². The number of hydrogen-bond donors (Lipinski definition) is 0. The number of imidazole rings is 1. The molecule has 1 aromatic carbocycles. The molecule has 3 aromatic heterocycles. The molecule has 5 heterocycles. The van der Waals surface area contributed by atoms with Crippen molar-refractivity contribution in [3.63, 3.8) is 0 Å². The molecule has 2 aliphatic rings. The highest BCUT2D eigenvalue weighted by Crippen LogP contribution is 2.31. The van der Waals surface area contributed by atoms with Crippen LogP contribution >= 0.6 is 0 Å². The SMILES string of the molecule is CC(C)n1c(=O)n(C)c2nnc3cc(F)c(-c4ccc(OCCCN5CCCC(OCCCN6CCCCC6)C5)nc4)cc3c21. The van der Waals surface area contributed by atoms with Crippen LogP contribution in [0, 0.1) is 5.82 Å². The fourth-order valence-corrected chi connectivity index (χ4v) is 6.78. The van der Waals surface area contributed by atoms with Crippen LogP contribution in [0.25, 0.3) is 33.2 Å². The number of pyridine rings is 1. The lowest BCUT2D eigenvalue weighted by molar-refractivity contribution is -0.00497. The topological polar surface area (TPSA) is 90.5 Å². The molecule has 0 amide bonds. The zero-order chi connectivity index (χ0) is 31.3. The number of aryl methyl sites for hydroxylation is 1. The Balaban J connectivity index is 1.01. The lowest BCUT2D eigenvalue weighted by atomic mass is 10.0. The maximum Gasteiger partial charge on any atom is 0.330 e. The second-order valence-electron chi connectivity index (χ2n) is 12.8. The number of ether oxygens (including phenoxy) is 2. The molecule has 0 aliphatic carbocycles. The van der Waals surface area contributed by atoms with E-state index >= 15 is 4.39 Å². The van der Waals surface area contributed by atoms with Crippen LogP contribution in [0.4, 0.5) is 4.39 Å². The third-order valence-corrected chi connectivity index (χ3v) is 9.17. The highest BCUT2D eigenvalue weighted by Gasteiger charge is 2.21. The van der Waals surface area contributed by atoms with E-state index in [0.29, 0.717) is 51.8 Å². The van der Waals surface area contributed by atoms with Gasteiger partial charge >= 0.3 is 5.69 Å². The molecular formula is C34H46FN7O3. The predicted molar refractivity (Wildman–Crippen MR) is 174 cm³/mol. The van der Waals surface area contributed by atoms with Crippen molar-refractivity contribution in [2.24, 2.45) is 7.05 Å². The van der Waals surface area contributed by atoms with Crippen molar-refractivity contribution in [3.8, 4) is 17.0 Å². The lowest BCUT2D eigenvalue weighted by Gasteiger charge is -2.33. The minimum atomic E-state index is -0.424. The maximum absolute atomic E-state index is 15.3. The maximum atomic E-state index is 15.3. The third kappa shape index (κ3) is 7.21. The Bertz CT molecular complexity index is 1650. The van der Waals surface area contributed by atoms with Gasteiger partial charge in [-0.15, -0.1) is 10.2 Å². The number of likely N-dealkylation sites (tertiary alicyclic amines) is 2. The van der Waals surface area contributed by atoms with Crippen LogP contribution in [0.2, 0.25) is 0 Å². The number of piperidine rings is 2. The molecule has 45 heavy (non-hydrogen) atoms. The van der Waals surface area contributed by atoms with Crippen molar-refractivity contribution in [2.45, 2.75) is 70.9 Å². The van der Waals surface area contributed by atoms with Gasteiger partial charge in [-0.3, -0.25) is 9.13 Å². The zero-order valence-corrected chi connectivity index (χ0v) is 26.9. The lowest BCUT2D eigenvalue weighted by Crippen LogP contribution is -2.40. The minimum Gasteiger partial charge on any atom is -0.478 e. The Hall–Kier alpha value is -3.41. The largest absolute Gasteiger partial charge is 0.478 e. The Morgan fingerprint density at radius 1 is 0.978 bits per heavy atom. The average molecular weight is 620 g/mol. The Morgan fingerprint density at radius 3 is 2.53 bits per heavy atom. The Labute approximate surface area is 264 Å². The van der Waals surface area contributed by atoms with Crippen LogP contribution in [0.15, 0.2) is 35.3 Å². The van der Waals surface area contributed by atoms with Crippen LogP contribution in [0.1, 0.15) is 64.8 Å². The number of fused-ring (bicyclic) bond motifs is 3. The van der Waals surface area contributed by atoms with E-state index in [9.17, 15) is 4.79 Å². The van der Waals surface area contributed by atoms with Crippen LogP contribution in [0.5, 0.6) is 5.88 Å². The summed E-state index contributed by atoms with van der Waals surface area (Å²) in [7, 11) is 1.67. The van der Waals surface area contributed by atoms with Gasteiger partial charge in [0, 0.05) is 74.2 Å². The van der Waals surface area contributed by atoms with E-state index < -0.39 is 5.82 Å². The monoisotopic (exact) mass is 619 g/mol. The molecule has 2 aliphatic heterocycles. The number of hydrogen-bond acceptors (Lipinski definition) is 8. The van der Waals surface area contributed by atoms with Crippen molar-refractivity contribution in [1.82, 2.24) is 34.1 Å². The third-order valence-electron chi connectivity index (χ3n) is 9.17. The van der Waals surface area contributed by atoms with E-state index in [4.69, 9.17) is 9.47 Å². The van der Waals surface area contributed by atoms with Crippen molar-refractivity contribution < 1.29 is 13.9 Å². The molecule has 242 valence electrons. The molecule has 1 unspecified atom stereocenters. The molecule has 0 radical (unpaired) electrons. The molecular weight excluding hydrogens is 573 g/mol. The summed E-state index contributed by atoms with van der Waals surface area (Å²) in [6.07, 6.45) is 10.4. The summed E-state index contributed by atoms with van der Waals surface area (Å²) in [5.41, 5.74) is 2.35. The molecule has 0 N–H and O–H groups in total. The summed E-state index contributed by atoms with van der Waals surface area (Å²) >= 11 is 0. The first-order valence-electron chi connectivity index (χ1n) is 16.6. The fourth-order valence-electron chi connectivity index (χ4n) is 6.78. The van der Waals surface area contributed by atoms with Gasteiger partial charge in [0.1, 0.15) is 11.3 Å². The van der Waals surface area contributed by atoms with Crippen LogP contribution in [0.3, 0.4) is 0 Å². The minimum absolute atomic E-state index is 0.0934. The second kappa shape index (κ2) is 14.3. The summed E-state index contributed by atoms with van der Waals surface area (Å²) in [5.74, 6) is 0.0882. The summed E-state index contributed by atoms with van der Waals surface area (Å²) in [6.45, 7) is 12.0. The Morgan fingerprint density at radius 2 is 1.76 bits per heavy atom. The van der Waals surface area contributed by atoms with E-state index in [-0.39, 0.29) is 11.7 Å². The van der Waals surface area contributed by atoms with Gasteiger partial charge in [0.2, 0.25) is 5.88 Å². The average Bonchev–Trinajstić information content (AvgIpc) is 3.32. The second-order valence-corrected chi connectivity index (χ2v) is 12.8. The molecule has 4 aromatic rings. The number of aromatic nitrogens is 5. The molecule has 2 fully saturated rings. The highest BCUT2D eigenvalue weighted by atomic mass is 19.1. The van der Waals surface area contributed by atoms with Crippen LogP contribution < -0.4 is 10.4 Å². The van der Waals surface area contributed by atoms with Gasteiger partial charge in [-0.25, -0.2) is 14.2 Å². The normalized spacial score (nSPS) is 18.4. The summed E-state index contributed by atoms with van der Waals surface area (Å²) < 4.78 is 30.6. The van der Waals surface area contributed by atoms with Crippen molar-refractivity contribution in [3.05, 3.63) is 46.8 Å². The quantitative estimate of drug-likeness (QED) is 0.200. The van der Waals surface area contributed by atoms with Gasteiger partial charge in [0.25, 0.3) is 0 Å². The first-order valence-corrected chi connectivity index (χ1v) is 16.6. The molecule has 0 spiro atoms. The first-order chi connectivity index (χ1) is 21.9. The van der Waals surface area contributed by atoms with E-state index in [0.717, 1.165) is 52.0 Å². The zero-order valence-electron chi connectivity index (χ0n) is 26.9. The molecule has 0 saturated carbocycles.